The lowest BCUT2D eigenvalue weighted by atomic mass is 9.86. The van der Waals surface area contributed by atoms with Gasteiger partial charge in [-0.05, 0) is 22.1 Å². The smallest absolute Gasteiger partial charge is 0.407 e. The molecule has 0 spiro atoms. The minimum atomic E-state index is -1.19. The number of hydrogen-bond acceptors (Lipinski definition) is 5. The molecule has 2 aromatic rings. The Morgan fingerprint density at radius 2 is 1.61 bits per heavy atom. The fourth-order valence-electron chi connectivity index (χ4n) is 3.09. The Morgan fingerprint density at radius 1 is 0.970 bits per heavy atom. The summed E-state index contributed by atoms with van der Waals surface area (Å²) in [5.74, 6) is -1.79. The summed E-state index contributed by atoms with van der Waals surface area (Å²) in [6.07, 6.45) is -2.15. The van der Waals surface area contributed by atoms with Gasteiger partial charge in [0.2, 0.25) is 5.91 Å². The van der Waals surface area contributed by atoms with Crippen LogP contribution in [0.15, 0.2) is 54.6 Å². The van der Waals surface area contributed by atoms with Crippen LogP contribution in [-0.2, 0) is 32.8 Å². The molecule has 4 N–H and O–H groups in total. The molecule has 0 radical (unpaired) electrons. The summed E-state index contributed by atoms with van der Waals surface area (Å²) in [6, 6.07) is 15.6. The normalized spacial score (nSPS) is 13.0. The summed E-state index contributed by atoms with van der Waals surface area (Å²) < 4.78 is 5.04. The molecule has 8 heteroatoms. The van der Waals surface area contributed by atoms with Crippen molar-refractivity contribution in [2.75, 3.05) is 6.54 Å². The van der Waals surface area contributed by atoms with Gasteiger partial charge in [-0.15, -0.1) is 0 Å². The Morgan fingerprint density at radius 3 is 2.18 bits per heavy atom. The fraction of sp³-hybridized carbons (Fsp3) is 0.400. The minimum absolute atomic E-state index is 0.0168. The zero-order valence-electron chi connectivity index (χ0n) is 19.2. The van der Waals surface area contributed by atoms with Gasteiger partial charge in [0, 0.05) is 13.0 Å². The maximum atomic E-state index is 12.2. The third-order valence-electron chi connectivity index (χ3n) is 5.01. The molecule has 0 unspecified atom stereocenters. The Hall–Kier alpha value is -3.39. The minimum Gasteiger partial charge on any atom is -0.480 e. The van der Waals surface area contributed by atoms with Gasteiger partial charge in [0.1, 0.15) is 12.6 Å². The van der Waals surface area contributed by atoms with E-state index >= 15 is 0 Å². The van der Waals surface area contributed by atoms with E-state index in [4.69, 9.17) is 4.74 Å². The van der Waals surface area contributed by atoms with E-state index in [2.05, 4.69) is 31.4 Å². The van der Waals surface area contributed by atoms with Crippen LogP contribution in [0.4, 0.5) is 4.79 Å². The van der Waals surface area contributed by atoms with Crippen molar-refractivity contribution in [2.24, 2.45) is 0 Å². The molecule has 178 valence electrons. The van der Waals surface area contributed by atoms with E-state index in [-0.39, 0.29) is 31.4 Å². The molecular weight excluding hydrogens is 424 g/mol. The summed E-state index contributed by atoms with van der Waals surface area (Å²) >= 11 is 0. The summed E-state index contributed by atoms with van der Waals surface area (Å²) in [5.41, 5.74) is 2.70. The second-order valence-electron chi connectivity index (χ2n) is 8.91. The number of aliphatic hydroxyl groups excluding tert-OH is 1. The SMILES string of the molecule is CC(C)(C)c1ccc(C[C@H](NC(=O)C[C@H](O)CNC(=O)OCc2ccccc2)C(=O)O)cc1. The first kappa shape index (κ1) is 25.9. The first-order valence-electron chi connectivity index (χ1n) is 10.8. The highest BCUT2D eigenvalue weighted by molar-refractivity contribution is 5.84. The number of aliphatic hydroxyl groups is 1. The standard InChI is InChI=1S/C25H32N2O6/c1-25(2,3)19-11-9-17(10-12-19)13-21(23(30)31)27-22(29)14-20(28)15-26-24(32)33-16-18-7-5-4-6-8-18/h4-12,20-21,28H,13-16H2,1-3H3,(H,26,32)(H,27,29)(H,30,31)/t20-,21-/m0/s1. The van der Waals surface area contributed by atoms with Crippen molar-refractivity contribution in [1.29, 1.82) is 0 Å². The van der Waals surface area contributed by atoms with E-state index in [1.807, 2.05) is 54.6 Å². The lowest BCUT2D eigenvalue weighted by Gasteiger charge is -2.20. The first-order valence-corrected chi connectivity index (χ1v) is 10.8. The number of ether oxygens (including phenoxy) is 1. The van der Waals surface area contributed by atoms with Crippen molar-refractivity contribution in [2.45, 2.75) is 57.8 Å². The van der Waals surface area contributed by atoms with Gasteiger partial charge in [0.25, 0.3) is 0 Å². The quantitative estimate of drug-likeness (QED) is 0.436. The van der Waals surface area contributed by atoms with Crippen molar-refractivity contribution in [1.82, 2.24) is 10.6 Å². The summed E-state index contributed by atoms with van der Waals surface area (Å²) in [6.45, 7) is 6.15. The van der Waals surface area contributed by atoms with Crippen molar-refractivity contribution in [3.8, 4) is 0 Å². The predicted octanol–water partition coefficient (Wildman–Crippen LogP) is 2.77. The molecule has 8 nitrogen and oxygen atoms in total. The zero-order valence-corrected chi connectivity index (χ0v) is 19.2. The number of amides is 2. The largest absolute Gasteiger partial charge is 0.480 e. The van der Waals surface area contributed by atoms with Crippen molar-refractivity contribution < 1.29 is 29.3 Å². The van der Waals surface area contributed by atoms with Gasteiger partial charge in [0.15, 0.2) is 0 Å². The second kappa shape index (κ2) is 12.0. The molecule has 33 heavy (non-hydrogen) atoms. The van der Waals surface area contributed by atoms with Crippen LogP contribution >= 0.6 is 0 Å². The highest BCUT2D eigenvalue weighted by Crippen LogP contribution is 2.22. The average molecular weight is 457 g/mol. The molecule has 0 saturated heterocycles. The van der Waals surface area contributed by atoms with E-state index in [9.17, 15) is 24.6 Å². The van der Waals surface area contributed by atoms with Gasteiger partial charge in [-0.1, -0.05) is 75.4 Å². The van der Waals surface area contributed by atoms with E-state index in [1.165, 1.54) is 0 Å². The molecule has 0 aliphatic heterocycles. The van der Waals surface area contributed by atoms with Crippen molar-refractivity contribution in [3.05, 3.63) is 71.3 Å². The number of nitrogens with one attached hydrogen (secondary N) is 2. The van der Waals surface area contributed by atoms with Crippen LogP contribution in [0.5, 0.6) is 0 Å². The van der Waals surface area contributed by atoms with E-state index < -0.39 is 30.1 Å². The number of alkyl carbamates (subject to hydrolysis) is 1. The number of carboxylic acids is 1. The van der Waals surface area contributed by atoms with Gasteiger partial charge in [-0.3, -0.25) is 4.79 Å². The van der Waals surface area contributed by atoms with Crippen LogP contribution in [0.25, 0.3) is 0 Å². The van der Waals surface area contributed by atoms with Gasteiger partial charge in [-0.2, -0.15) is 0 Å². The molecule has 2 aromatic carbocycles. The Balaban J connectivity index is 1.77. The monoisotopic (exact) mass is 456 g/mol. The topological polar surface area (TPSA) is 125 Å². The molecule has 0 aromatic heterocycles. The molecule has 0 aliphatic rings. The summed E-state index contributed by atoms with van der Waals surface area (Å²) in [7, 11) is 0. The fourth-order valence-corrected chi connectivity index (χ4v) is 3.09. The second-order valence-corrected chi connectivity index (χ2v) is 8.91. The number of hydrogen-bond donors (Lipinski definition) is 4. The van der Waals surface area contributed by atoms with Crippen LogP contribution in [0.3, 0.4) is 0 Å². The van der Waals surface area contributed by atoms with Crippen LogP contribution in [-0.4, -0.2) is 46.9 Å². The molecule has 2 amide bonds. The summed E-state index contributed by atoms with van der Waals surface area (Å²) in [4.78, 5) is 35.6. The molecule has 0 aliphatic carbocycles. The molecule has 0 heterocycles. The number of rotatable bonds is 10. The molecule has 0 bridgehead atoms. The molecular formula is C25H32N2O6. The third kappa shape index (κ3) is 9.33. The predicted molar refractivity (Wildman–Crippen MR) is 124 cm³/mol. The number of aliphatic carboxylic acids is 1. The Bertz CT molecular complexity index is 922. The number of carbonyl (C=O) groups excluding carboxylic acids is 2. The van der Waals surface area contributed by atoms with Crippen molar-refractivity contribution >= 4 is 18.0 Å². The maximum Gasteiger partial charge on any atom is 0.407 e. The number of carbonyl (C=O) groups is 3. The summed E-state index contributed by atoms with van der Waals surface area (Å²) in [5, 5.41) is 24.3. The first-order chi connectivity index (χ1) is 15.5. The van der Waals surface area contributed by atoms with Gasteiger partial charge >= 0.3 is 12.1 Å². The van der Waals surface area contributed by atoms with E-state index in [0.717, 1.165) is 16.7 Å². The van der Waals surface area contributed by atoms with Gasteiger partial charge in [0.05, 0.1) is 12.5 Å². The third-order valence-corrected chi connectivity index (χ3v) is 5.01. The van der Waals surface area contributed by atoms with E-state index in [1.54, 1.807) is 0 Å². The molecule has 0 fully saturated rings. The number of carboxylic acid groups (broad SMARTS) is 1. The maximum absolute atomic E-state index is 12.2. The van der Waals surface area contributed by atoms with Crippen LogP contribution in [0.1, 0.15) is 43.9 Å². The lowest BCUT2D eigenvalue weighted by Crippen LogP contribution is -2.44. The number of benzene rings is 2. The van der Waals surface area contributed by atoms with Gasteiger partial charge < -0.3 is 25.6 Å². The van der Waals surface area contributed by atoms with Crippen LogP contribution in [0, 0.1) is 0 Å². The van der Waals surface area contributed by atoms with Gasteiger partial charge in [-0.25, -0.2) is 9.59 Å². The van der Waals surface area contributed by atoms with Crippen LogP contribution < -0.4 is 10.6 Å². The van der Waals surface area contributed by atoms with Crippen molar-refractivity contribution in [3.63, 3.8) is 0 Å². The highest BCUT2D eigenvalue weighted by Gasteiger charge is 2.22. The Labute approximate surface area is 194 Å². The highest BCUT2D eigenvalue weighted by atomic mass is 16.5. The average Bonchev–Trinajstić information content (AvgIpc) is 2.76. The van der Waals surface area contributed by atoms with E-state index in [0.29, 0.717) is 0 Å². The zero-order chi connectivity index (χ0) is 24.4. The lowest BCUT2D eigenvalue weighted by molar-refractivity contribution is -0.142. The molecule has 0 saturated carbocycles. The molecule has 2 atom stereocenters. The van der Waals surface area contributed by atoms with Crippen LogP contribution in [0.2, 0.25) is 0 Å². The Kier molecular flexibility index (Phi) is 9.42. The molecule has 2 rings (SSSR count).